The summed E-state index contributed by atoms with van der Waals surface area (Å²) in [4.78, 5) is 11.3. The lowest BCUT2D eigenvalue weighted by Gasteiger charge is -2.28. The molecule has 29 heavy (non-hydrogen) atoms. The van der Waals surface area contributed by atoms with Gasteiger partial charge in [-0.2, -0.15) is 15.5 Å². The Hall–Kier alpha value is -3.68. The molecule has 0 saturated carbocycles. The smallest absolute Gasteiger partial charge is 0.234 e. The zero-order valence-corrected chi connectivity index (χ0v) is 16.1. The van der Waals surface area contributed by atoms with Crippen LogP contribution in [0.3, 0.4) is 0 Å². The second kappa shape index (κ2) is 8.14. The van der Waals surface area contributed by atoms with Crippen molar-refractivity contribution in [3.8, 4) is 29.1 Å². The Balaban J connectivity index is 2.03. The summed E-state index contributed by atoms with van der Waals surface area (Å²) in [7, 11) is 0. The molecular formula is C22H19N5O2. The number of nitriles is 2. The van der Waals surface area contributed by atoms with Crippen LogP contribution in [0.5, 0.6) is 5.88 Å². The summed E-state index contributed by atoms with van der Waals surface area (Å²) in [5, 5.41) is 20.3. The molecule has 1 aliphatic heterocycles. The van der Waals surface area contributed by atoms with Crippen LogP contribution in [0.15, 0.2) is 36.4 Å². The van der Waals surface area contributed by atoms with Crippen molar-refractivity contribution in [1.29, 1.82) is 10.5 Å². The van der Waals surface area contributed by atoms with Gasteiger partial charge < -0.3 is 14.4 Å². The molecule has 1 fully saturated rings. The standard InChI is InChI=1S/C22H19N5O2/c1-2-29-22-18(14-24)19(15-6-4-3-5-7-15)17-12-16(13-23)21(25-20(17)26-22)27-8-10-28-11-9-27/h3-7,12H,2,8-11H2,1H3. The lowest BCUT2D eigenvalue weighted by molar-refractivity contribution is 0.122. The number of morpholine rings is 1. The molecule has 0 N–H and O–H groups in total. The highest BCUT2D eigenvalue weighted by Crippen LogP contribution is 2.37. The largest absolute Gasteiger partial charge is 0.477 e. The number of benzene rings is 1. The number of nitrogens with zero attached hydrogens (tertiary/aromatic N) is 5. The maximum absolute atomic E-state index is 9.85. The van der Waals surface area contributed by atoms with Gasteiger partial charge in [-0.3, -0.25) is 0 Å². The first-order valence-corrected chi connectivity index (χ1v) is 9.46. The van der Waals surface area contributed by atoms with Crippen molar-refractivity contribution in [2.24, 2.45) is 0 Å². The summed E-state index contributed by atoms with van der Waals surface area (Å²) in [5.74, 6) is 0.841. The first-order valence-electron chi connectivity index (χ1n) is 9.46. The van der Waals surface area contributed by atoms with Gasteiger partial charge in [0.1, 0.15) is 23.5 Å². The van der Waals surface area contributed by atoms with E-state index in [-0.39, 0.29) is 5.88 Å². The third kappa shape index (κ3) is 3.44. The molecule has 144 valence electrons. The molecule has 2 aromatic heterocycles. The predicted octanol–water partition coefficient (Wildman–Crippen LogP) is 3.28. The molecule has 7 heteroatoms. The fourth-order valence-corrected chi connectivity index (χ4v) is 3.51. The zero-order valence-electron chi connectivity index (χ0n) is 16.1. The summed E-state index contributed by atoms with van der Waals surface area (Å²) in [6.07, 6.45) is 0. The normalized spacial score (nSPS) is 13.7. The number of anilines is 1. The number of hydrogen-bond acceptors (Lipinski definition) is 7. The van der Waals surface area contributed by atoms with E-state index in [1.54, 1.807) is 6.07 Å². The average molecular weight is 385 g/mol. The summed E-state index contributed by atoms with van der Waals surface area (Å²) in [6, 6.07) is 15.8. The molecular weight excluding hydrogens is 366 g/mol. The highest BCUT2D eigenvalue weighted by atomic mass is 16.5. The van der Waals surface area contributed by atoms with E-state index < -0.39 is 0 Å². The first-order chi connectivity index (χ1) is 14.3. The molecule has 1 saturated heterocycles. The van der Waals surface area contributed by atoms with Crippen LogP contribution >= 0.6 is 0 Å². The monoisotopic (exact) mass is 385 g/mol. The van der Waals surface area contributed by atoms with E-state index in [1.165, 1.54) is 0 Å². The summed E-state index contributed by atoms with van der Waals surface area (Å²) in [5.41, 5.74) is 2.77. The molecule has 0 aliphatic carbocycles. The van der Waals surface area contributed by atoms with Crippen LogP contribution in [-0.4, -0.2) is 42.9 Å². The van der Waals surface area contributed by atoms with Crippen LogP contribution in [-0.2, 0) is 4.74 Å². The van der Waals surface area contributed by atoms with Crippen LogP contribution in [0.4, 0.5) is 5.82 Å². The summed E-state index contributed by atoms with van der Waals surface area (Å²) in [6.45, 7) is 4.73. The second-order valence-corrected chi connectivity index (χ2v) is 6.52. The molecule has 0 amide bonds. The van der Waals surface area contributed by atoms with Gasteiger partial charge in [-0.15, -0.1) is 0 Å². The van der Waals surface area contributed by atoms with Crippen molar-refractivity contribution in [2.75, 3.05) is 37.8 Å². The van der Waals surface area contributed by atoms with Gasteiger partial charge in [0, 0.05) is 24.0 Å². The lowest BCUT2D eigenvalue weighted by atomic mass is 9.97. The fraction of sp³-hybridized carbons (Fsp3) is 0.273. The Labute approximate surface area is 168 Å². The number of fused-ring (bicyclic) bond motifs is 1. The van der Waals surface area contributed by atoms with Gasteiger partial charge in [-0.25, -0.2) is 4.98 Å². The van der Waals surface area contributed by atoms with E-state index in [1.807, 2.05) is 42.2 Å². The molecule has 0 bridgehead atoms. The minimum Gasteiger partial charge on any atom is -0.477 e. The topological polar surface area (TPSA) is 95.1 Å². The molecule has 4 rings (SSSR count). The van der Waals surface area contributed by atoms with Gasteiger partial charge in [0.2, 0.25) is 5.88 Å². The Morgan fingerprint density at radius 2 is 1.86 bits per heavy atom. The van der Waals surface area contributed by atoms with Crippen LogP contribution < -0.4 is 9.64 Å². The van der Waals surface area contributed by atoms with Crippen LogP contribution in [0.1, 0.15) is 18.1 Å². The van der Waals surface area contributed by atoms with Gasteiger partial charge >= 0.3 is 0 Å². The maximum Gasteiger partial charge on any atom is 0.234 e. The fourth-order valence-electron chi connectivity index (χ4n) is 3.51. The Morgan fingerprint density at radius 3 is 2.52 bits per heavy atom. The number of rotatable bonds is 4. The van der Waals surface area contributed by atoms with Gasteiger partial charge in [-0.1, -0.05) is 30.3 Å². The van der Waals surface area contributed by atoms with E-state index >= 15 is 0 Å². The minimum atomic E-state index is 0.256. The quantitative estimate of drug-likeness (QED) is 0.680. The van der Waals surface area contributed by atoms with Gasteiger partial charge in [0.05, 0.1) is 25.4 Å². The summed E-state index contributed by atoms with van der Waals surface area (Å²) >= 11 is 0. The van der Waals surface area contributed by atoms with Crippen molar-refractivity contribution >= 4 is 16.9 Å². The third-order valence-electron chi connectivity index (χ3n) is 4.81. The molecule has 1 aliphatic rings. The molecule has 7 nitrogen and oxygen atoms in total. The first kappa shape index (κ1) is 18.7. The van der Waals surface area contributed by atoms with Crippen LogP contribution in [0, 0.1) is 22.7 Å². The van der Waals surface area contributed by atoms with Crippen LogP contribution in [0.25, 0.3) is 22.2 Å². The van der Waals surface area contributed by atoms with Crippen molar-refractivity contribution in [1.82, 2.24) is 9.97 Å². The Morgan fingerprint density at radius 1 is 1.10 bits per heavy atom. The predicted molar refractivity (Wildman–Crippen MR) is 109 cm³/mol. The van der Waals surface area contributed by atoms with E-state index in [0.29, 0.717) is 66.5 Å². The number of pyridine rings is 2. The van der Waals surface area contributed by atoms with Gasteiger partial charge in [0.25, 0.3) is 0 Å². The van der Waals surface area contributed by atoms with E-state index in [2.05, 4.69) is 17.1 Å². The Kier molecular flexibility index (Phi) is 5.24. The number of ether oxygens (including phenoxy) is 2. The third-order valence-corrected chi connectivity index (χ3v) is 4.81. The molecule has 0 spiro atoms. The number of hydrogen-bond donors (Lipinski definition) is 0. The zero-order chi connectivity index (χ0) is 20.2. The van der Waals surface area contributed by atoms with Crippen molar-refractivity contribution < 1.29 is 9.47 Å². The van der Waals surface area contributed by atoms with E-state index in [9.17, 15) is 10.5 Å². The SMILES string of the molecule is CCOc1nc2nc(N3CCOCC3)c(C#N)cc2c(-c2ccccc2)c1C#N. The molecule has 1 aromatic carbocycles. The average Bonchev–Trinajstić information content (AvgIpc) is 2.78. The van der Waals surface area contributed by atoms with E-state index in [0.717, 1.165) is 5.56 Å². The van der Waals surface area contributed by atoms with Crippen molar-refractivity contribution in [3.05, 3.63) is 47.5 Å². The maximum atomic E-state index is 9.85. The molecule has 0 unspecified atom stereocenters. The lowest BCUT2D eigenvalue weighted by Crippen LogP contribution is -2.37. The van der Waals surface area contributed by atoms with Crippen molar-refractivity contribution in [2.45, 2.75) is 6.92 Å². The van der Waals surface area contributed by atoms with Crippen molar-refractivity contribution in [3.63, 3.8) is 0 Å². The number of aromatic nitrogens is 2. The molecule has 3 heterocycles. The summed E-state index contributed by atoms with van der Waals surface area (Å²) < 4.78 is 11.1. The van der Waals surface area contributed by atoms with E-state index in [4.69, 9.17) is 14.5 Å². The second-order valence-electron chi connectivity index (χ2n) is 6.52. The highest BCUT2D eigenvalue weighted by Gasteiger charge is 2.23. The molecule has 3 aromatic rings. The minimum absolute atomic E-state index is 0.256. The van der Waals surface area contributed by atoms with Gasteiger partial charge in [0.15, 0.2) is 5.65 Å². The molecule has 0 radical (unpaired) electrons. The Bertz CT molecular complexity index is 1130. The molecule has 0 atom stereocenters. The highest BCUT2D eigenvalue weighted by molar-refractivity contribution is 5.98. The van der Waals surface area contributed by atoms with Gasteiger partial charge in [-0.05, 0) is 18.6 Å². The van der Waals surface area contributed by atoms with Crippen LogP contribution in [0.2, 0.25) is 0 Å².